The molecule has 25 heavy (non-hydrogen) atoms. The molecule has 0 bridgehead atoms. The van der Waals surface area contributed by atoms with E-state index in [1.54, 1.807) is 17.1 Å². The molecule has 9 heteroatoms. The highest BCUT2D eigenvalue weighted by atomic mass is 35.5. The molecule has 1 N–H and O–H groups in total. The second kappa shape index (κ2) is 8.27. The molecule has 3 rings (SSSR count). The van der Waals surface area contributed by atoms with Crippen molar-refractivity contribution in [3.8, 4) is 0 Å². The van der Waals surface area contributed by atoms with E-state index < -0.39 is 0 Å². The lowest BCUT2D eigenvalue weighted by molar-refractivity contribution is 0.102. The van der Waals surface area contributed by atoms with E-state index in [0.717, 1.165) is 14.8 Å². The van der Waals surface area contributed by atoms with Crippen LogP contribution in [0.3, 0.4) is 0 Å². The Labute approximate surface area is 163 Å². The van der Waals surface area contributed by atoms with Crippen LogP contribution in [-0.4, -0.2) is 32.6 Å². The molecule has 3 aromatic rings. The van der Waals surface area contributed by atoms with Crippen LogP contribution in [0.2, 0.25) is 5.02 Å². The average Bonchev–Trinajstić information content (AvgIpc) is 3.23. The molecule has 0 saturated carbocycles. The number of aromatic nitrogens is 3. The first-order chi connectivity index (χ1) is 12.1. The molecule has 0 saturated heterocycles. The Hall–Kier alpha value is -1.48. The van der Waals surface area contributed by atoms with Crippen LogP contribution in [0.1, 0.15) is 15.9 Å². The summed E-state index contributed by atoms with van der Waals surface area (Å²) in [5.74, 6) is -0.167. The highest BCUT2D eigenvalue weighted by Gasteiger charge is 2.20. The van der Waals surface area contributed by atoms with Gasteiger partial charge < -0.3 is 5.32 Å². The van der Waals surface area contributed by atoms with Gasteiger partial charge in [-0.15, -0.1) is 23.5 Å². The minimum atomic E-state index is -0.167. The molecule has 0 aliphatic rings. The molecule has 130 valence electrons. The van der Waals surface area contributed by atoms with E-state index in [1.165, 1.54) is 35.1 Å². The Balaban J connectivity index is 1.74. The van der Waals surface area contributed by atoms with Crippen molar-refractivity contribution in [1.29, 1.82) is 0 Å². The van der Waals surface area contributed by atoms with Gasteiger partial charge in [-0.25, -0.2) is 0 Å². The number of halogens is 1. The van der Waals surface area contributed by atoms with Crippen LogP contribution in [0, 0.1) is 0 Å². The van der Waals surface area contributed by atoms with Crippen molar-refractivity contribution in [2.75, 3.05) is 17.8 Å². The third-order valence-electron chi connectivity index (χ3n) is 3.42. The number of rotatable bonds is 6. The Morgan fingerprint density at radius 1 is 1.32 bits per heavy atom. The van der Waals surface area contributed by atoms with Crippen LogP contribution >= 0.6 is 46.7 Å². The number of hydrogen-bond acceptors (Lipinski definition) is 6. The van der Waals surface area contributed by atoms with Crippen molar-refractivity contribution in [3.63, 3.8) is 0 Å². The lowest BCUT2D eigenvalue weighted by Crippen LogP contribution is -2.12. The summed E-state index contributed by atoms with van der Waals surface area (Å²) in [7, 11) is 0. The summed E-state index contributed by atoms with van der Waals surface area (Å²) in [6, 6.07) is 7.63. The topological polar surface area (TPSA) is 59.8 Å². The van der Waals surface area contributed by atoms with E-state index in [0.29, 0.717) is 22.8 Å². The third-order valence-corrected chi connectivity index (χ3v) is 6.53. The molecule has 0 aliphatic heterocycles. The summed E-state index contributed by atoms with van der Waals surface area (Å²) in [6.45, 7) is 0.543. The number of thioether (sulfide) groups is 2. The molecule has 2 heterocycles. The lowest BCUT2D eigenvalue weighted by atomic mass is 10.2. The van der Waals surface area contributed by atoms with E-state index in [4.69, 9.17) is 11.6 Å². The van der Waals surface area contributed by atoms with Crippen LogP contribution in [-0.2, 0) is 6.54 Å². The molecule has 1 aromatic carbocycles. The molecule has 5 nitrogen and oxygen atoms in total. The Kier molecular flexibility index (Phi) is 6.06. The minimum absolute atomic E-state index is 0.167. The van der Waals surface area contributed by atoms with E-state index in [9.17, 15) is 4.79 Å². The van der Waals surface area contributed by atoms with Crippen molar-refractivity contribution < 1.29 is 4.79 Å². The third kappa shape index (κ3) is 4.20. The van der Waals surface area contributed by atoms with Crippen molar-refractivity contribution in [3.05, 3.63) is 52.8 Å². The maximum absolute atomic E-state index is 12.6. The standard InChI is InChI=1S/C16H15ClN4OS3/c1-23-15-13(16(24-2)25-20-15)14(22)19-11-7-18-21(9-11)8-10-5-3-4-6-12(10)17/h3-7,9H,8H2,1-2H3,(H,19,22). The summed E-state index contributed by atoms with van der Waals surface area (Å²) in [6.07, 6.45) is 7.28. The molecule has 2 aromatic heterocycles. The van der Waals surface area contributed by atoms with Gasteiger partial charge in [0.25, 0.3) is 5.91 Å². The Morgan fingerprint density at radius 3 is 2.84 bits per heavy atom. The van der Waals surface area contributed by atoms with Crippen LogP contribution < -0.4 is 5.32 Å². The SMILES string of the molecule is CSc1nsc(SC)c1C(=O)Nc1cnn(Cc2ccccc2Cl)c1. The van der Waals surface area contributed by atoms with Crippen molar-refractivity contribution in [2.24, 2.45) is 0 Å². The second-order valence-corrected chi connectivity index (χ2v) is 8.08. The normalized spacial score (nSPS) is 10.8. The van der Waals surface area contributed by atoms with Gasteiger partial charge in [0.1, 0.15) is 5.03 Å². The molecule has 0 aliphatic carbocycles. The fourth-order valence-electron chi connectivity index (χ4n) is 2.24. The molecule has 0 atom stereocenters. The fourth-order valence-corrected chi connectivity index (χ4v) is 4.71. The van der Waals surface area contributed by atoms with Crippen LogP contribution in [0.5, 0.6) is 0 Å². The molecule has 0 unspecified atom stereocenters. The van der Waals surface area contributed by atoms with E-state index >= 15 is 0 Å². The van der Waals surface area contributed by atoms with E-state index in [-0.39, 0.29) is 5.91 Å². The summed E-state index contributed by atoms with van der Waals surface area (Å²) in [5, 5.41) is 8.63. The van der Waals surface area contributed by atoms with Crippen LogP contribution in [0.15, 0.2) is 45.9 Å². The van der Waals surface area contributed by atoms with Gasteiger partial charge in [-0.05, 0) is 35.7 Å². The van der Waals surface area contributed by atoms with E-state index in [2.05, 4.69) is 14.8 Å². The number of nitrogens with zero attached hydrogens (tertiary/aromatic N) is 3. The number of carbonyl (C=O) groups is 1. The van der Waals surface area contributed by atoms with Gasteiger partial charge in [-0.1, -0.05) is 29.8 Å². The van der Waals surface area contributed by atoms with Crippen molar-refractivity contribution in [2.45, 2.75) is 15.8 Å². The maximum atomic E-state index is 12.6. The first kappa shape index (κ1) is 18.3. The maximum Gasteiger partial charge on any atom is 0.260 e. The number of nitrogens with one attached hydrogen (secondary N) is 1. The van der Waals surface area contributed by atoms with E-state index in [1.807, 2.05) is 36.8 Å². The minimum Gasteiger partial charge on any atom is -0.319 e. The summed E-state index contributed by atoms with van der Waals surface area (Å²) >= 11 is 10.5. The first-order valence-corrected chi connectivity index (χ1v) is 10.9. The largest absolute Gasteiger partial charge is 0.319 e. The zero-order valence-electron chi connectivity index (χ0n) is 13.5. The van der Waals surface area contributed by atoms with Crippen molar-refractivity contribution >= 4 is 58.3 Å². The van der Waals surface area contributed by atoms with Gasteiger partial charge in [-0.3, -0.25) is 9.48 Å². The lowest BCUT2D eigenvalue weighted by Gasteiger charge is -2.05. The summed E-state index contributed by atoms with van der Waals surface area (Å²) in [4.78, 5) is 12.6. The monoisotopic (exact) mass is 410 g/mol. The van der Waals surface area contributed by atoms with Gasteiger partial charge in [0.2, 0.25) is 0 Å². The number of benzene rings is 1. The molecule has 0 radical (unpaired) electrons. The molecule has 0 fully saturated rings. The number of carbonyl (C=O) groups excluding carboxylic acids is 1. The molecule has 1 amide bonds. The first-order valence-electron chi connectivity index (χ1n) is 7.27. The van der Waals surface area contributed by atoms with Gasteiger partial charge in [-0.2, -0.15) is 9.47 Å². The van der Waals surface area contributed by atoms with Gasteiger partial charge in [0, 0.05) is 11.2 Å². The molecule has 0 spiro atoms. The molecular weight excluding hydrogens is 396 g/mol. The Morgan fingerprint density at radius 2 is 2.12 bits per heavy atom. The van der Waals surface area contributed by atoms with Crippen molar-refractivity contribution in [1.82, 2.24) is 14.2 Å². The predicted molar refractivity (Wildman–Crippen MR) is 106 cm³/mol. The van der Waals surface area contributed by atoms with Crippen LogP contribution in [0.4, 0.5) is 5.69 Å². The Bertz CT molecular complexity index is 872. The number of amides is 1. The smallest absolute Gasteiger partial charge is 0.260 e. The van der Waals surface area contributed by atoms with Crippen LogP contribution in [0.25, 0.3) is 0 Å². The highest BCUT2D eigenvalue weighted by molar-refractivity contribution is 8.01. The second-order valence-electron chi connectivity index (χ2n) is 5.03. The number of hydrogen-bond donors (Lipinski definition) is 1. The summed E-state index contributed by atoms with van der Waals surface area (Å²) in [5.41, 5.74) is 2.24. The highest BCUT2D eigenvalue weighted by Crippen LogP contribution is 2.33. The fraction of sp³-hybridized carbons (Fsp3) is 0.188. The summed E-state index contributed by atoms with van der Waals surface area (Å²) < 4.78 is 6.98. The zero-order chi connectivity index (χ0) is 17.8. The van der Waals surface area contributed by atoms with Gasteiger partial charge >= 0.3 is 0 Å². The predicted octanol–water partition coefficient (Wildman–Crippen LogP) is 4.74. The zero-order valence-corrected chi connectivity index (χ0v) is 16.7. The van der Waals surface area contributed by atoms with Gasteiger partial charge in [0.15, 0.2) is 0 Å². The van der Waals surface area contributed by atoms with Gasteiger partial charge in [0.05, 0.1) is 28.2 Å². The number of anilines is 1. The molecular formula is C16H15ClN4OS3. The quantitative estimate of drug-likeness (QED) is 0.595. The average molecular weight is 411 g/mol.